The average Bonchev–Trinajstić information content (AvgIpc) is 2.16. The third-order valence-electron chi connectivity index (χ3n) is 2.44. The molecule has 4 N–H and O–H groups in total. The largest absolute Gasteiger partial charge is 0.480 e. The summed E-state index contributed by atoms with van der Waals surface area (Å²) in [4.78, 5) is 21.6. The minimum absolute atomic E-state index is 0.0808. The summed E-state index contributed by atoms with van der Waals surface area (Å²) in [5.74, 6) is -2.26. The van der Waals surface area contributed by atoms with E-state index in [-0.39, 0.29) is 5.56 Å². The highest BCUT2D eigenvalue weighted by atomic mass is 16.4. The Labute approximate surface area is 92.5 Å². The van der Waals surface area contributed by atoms with Crippen LogP contribution in [0.5, 0.6) is 0 Å². The zero-order valence-electron chi connectivity index (χ0n) is 9.02. The topological polar surface area (TPSA) is 101 Å². The van der Waals surface area contributed by atoms with E-state index in [9.17, 15) is 9.59 Å². The molecule has 0 aliphatic rings. The average molecular weight is 223 g/mol. The Balaban J connectivity index is 3.35. The summed E-state index contributed by atoms with van der Waals surface area (Å²) in [6.45, 7) is 3.36. The van der Waals surface area contributed by atoms with E-state index >= 15 is 0 Å². The molecule has 0 aliphatic carbocycles. The quantitative estimate of drug-likeness (QED) is 0.712. The van der Waals surface area contributed by atoms with Gasteiger partial charge in [0.15, 0.2) is 0 Å². The van der Waals surface area contributed by atoms with Crippen molar-refractivity contribution in [2.75, 3.05) is 0 Å². The predicted molar refractivity (Wildman–Crippen MR) is 57.4 cm³/mol. The van der Waals surface area contributed by atoms with Crippen LogP contribution >= 0.6 is 0 Å². The first-order valence-corrected chi connectivity index (χ1v) is 4.67. The number of benzene rings is 1. The molecule has 1 aromatic rings. The summed E-state index contributed by atoms with van der Waals surface area (Å²) in [7, 11) is 0. The lowest BCUT2D eigenvalue weighted by Gasteiger charge is -2.13. The van der Waals surface area contributed by atoms with Crippen LogP contribution in [0.1, 0.15) is 33.1 Å². The van der Waals surface area contributed by atoms with Crippen molar-refractivity contribution in [2.24, 2.45) is 5.73 Å². The van der Waals surface area contributed by atoms with Crippen molar-refractivity contribution in [1.82, 2.24) is 0 Å². The van der Waals surface area contributed by atoms with Gasteiger partial charge in [-0.25, -0.2) is 4.79 Å². The van der Waals surface area contributed by atoms with Crippen LogP contribution in [0, 0.1) is 13.8 Å². The number of carboxylic acids is 2. The van der Waals surface area contributed by atoms with Crippen LogP contribution in [0.4, 0.5) is 0 Å². The molecule has 16 heavy (non-hydrogen) atoms. The van der Waals surface area contributed by atoms with Gasteiger partial charge in [-0.1, -0.05) is 6.07 Å². The van der Waals surface area contributed by atoms with Crippen molar-refractivity contribution in [3.8, 4) is 0 Å². The van der Waals surface area contributed by atoms with Gasteiger partial charge in [0.25, 0.3) is 0 Å². The van der Waals surface area contributed by atoms with Crippen LogP contribution in [0.15, 0.2) is 12.1 Å². The summed E-state index contributed by atoms with van der Waals surface area (Å²) in [5.41, 5.74) is 7.14. The fraction of sp³-hybridized carbons (Fsp3) is 0.273. The zero-order valence-corrected chi connectivity index (χ0v) is 9.02. The fourth-order valence-electron chi connectivity index (χ4n) is 1.57. The smallest absolute Gasteiger partial charge is 0.335 e. The first-order chi connectivity index (χ1) is 7.34. The highest BCUT2D eigenvalue weighted by Crippen LogP contribution is 2.21. The van der Waals surface area contributed by atoms with Gasteiger partial charge < -0.3 is 15.9 Å². The Kier molecular flexibility index (Phi) is 3.29. The van der Waals surface area contributed by atoms with Crippen LogP contribution in [0.25, 0.3) is 0 Å². The molecule has 0 bridgehead atoms. The van der Waals surface area contributed by atoms with E-state index in [0.717, 1.165) is 0 Å². The Morgan fingerprint density at radius 1 is 1.19 bits per heavy atom. The molecule has 0 amide bonds. The van der Waals surface area contributed by atoms with E-state index in [1.807, 2.05) is 0 Å². The minimum Gasteiger partial charge on any atom is -0.480 e. The highest BCUT2D eigenvalue weighted by Gasteiger charge is 2.19. The lowest BCUT2D eigenvalue weighted by molar-refractivity contribution is -0.138. The van der Waals surface area contributed by atoms with Crippen molar-refractivity contribution in [1.29, 1.82) is 0 Å². The van der Waals surface area contributed by atoms with E-state index in [2.05, 4.69) is 0 Å². The number of hydrogen-bond acceptors (Lipinski definition) is 3. The lowest BCUT2D eigenvalue weighted by atomic mass is 9.95. The van der Waals surface area contributed by atoms with Crippen LogP contribution in [0.3, 0.4) is 0 Å². The number of hydrogen-bond donors (Lipinski definition) is 3. The molecule has 0 aromatic heterocycles. The van der Waals surface area contributed by atoms with Gasteiger partial charge in [0.05, 0.1) is 5.56 Å². The highest BCUT2D eigenvalue weighted by molar-refractivity contribution is 5.90. The van der Waals surface area contributed by atoms with Crippen LogP contribution in [0.2, 0.25) is 0 Å². The first-order valence-electron chi connectivity index (χ1n) is 4.67. The van der Waals surface area contributed by atoms with Gasteiger partial charge in [-0.3, -0.25) is 4.79 Å². The van der Waals surface area contributed by atoms with Crippen LogP contribution in [-0.2, 0) is 4.79 Å². The SMILES string of the molecule is Cc1cc(C)c(C(N)C(=O)O)cc1C(=O)O. The van der Waals surface area contributed by atoms with Crippen molar-refractivity contribution < 1.29 is 19.8 Å². The number of rotatable bonds is 3. The fourth-order valence-corrected chi connectivity index (χ4v) is 1.57. The number of carbonyl (C=O) groups is 2. The van der Waals surface area contributed by atoms with E-state index in [1.165, 1.54) is 6.07 Å². The second-order valence-corrected chi connectivity index (χ2v) is 3.64. The van der Waals surface area contributed by atoms with E-state index < -0.39 is 18.0 Å². The summed E-state index contributed by atoms with van der Waals surface area (Å²) < 4.78 is 0. The van der Waals surface area contributed by atoms with Crippen LogP contribution < -0.4 is 5.73 Å². The zero-order chi connectivity index (χ0) is 12.5. The Bertz CT molecular complexity index is 454. The molecule has 0 radical (unpaired) electrons. The predicted octanol–water partition coefficient (Wildman–Crippen LogP) is 1.09. The van der Waals surface area contributed by atoms with Gasteiger partial charge in [0, 0.05) is 0 Å². The molecule has 0 heterocycles. The molecular weight excluding hydrogens is 210 g/mol. The number of nitrogens with two attached hydrogens (primary N) is 1. The molecule has 0 saturated carbocycles. The summed E-state index contributed by atoms with van der Waals surface area (Å²) in [5, 5.41) is 17.7. The van der Waals surface area contributed by atoms with E-state index in [4.69, 9.17) is 15.9 Å². The third-order valence-corrected chi connectivity index (χ3v) is 2.44. The molecule has 5 nitrogen and oxygen atoms in total. The Morgan fingerprint density at radius 2 is 1.75 bits per heavy atom. The molecule has 5 heteroatoms. The maximum absolute atomic E-state index is 10.9. The Hall–Kier alpha value is -1.88. The number of aliphatic carboxylic acids is 1. The van der Waals surface area contributed by atoms with Crippen LogP contribution in [-0.4, -0.2) is 22.2 Å². The van der Waals surface area contributed by atoms with Crippen molar-refractivity contribution >= 4 is 11.9 Å². The lowest BCUT2D eigenvalue weighted by Crippen LogP contribution is -2.22. The first kappa shape index (κ1) is 12.2. The van der Waals surface area contributed by atoms with E-state index in [1.54, 1.807) is 19.9 Å². The van der Waals surface area contributed by atoms with Gasteiger partial charge in [-0.15, -0.1) is 0 Å². The number of aryl methyl sites for hydroxylation is 2. The van der Waals surface area contributed by atoms with Gasteiger partial charge in [0.1, 0.15) is 6.04 Å². The number of aromatic carboxylic acids is 1. The van der Waals surface area contributed by atoms with E-state index in [0.29, 0.717) is 16.7 Å². The van der Waals surface area contributed by atoms with Crippen molar-refractivity contribution in [3.63, 3.8) is 0 Å². The molecule has 1 aromatic carbocycles. The van der Waals surface area contributed by atoms with Gasteiger partial charge in [-0.05, 0) is 36.6 Å². The maximum atomic E-state index is 10.9. The van der Waals surface area contributed by atoms with Gasteiger partial charge in [-0.2, -0.15) is 0 Å². The van der Waals surface area contributed by atoms with Crippen molar-refractivity contribution in [3.05, 3.63) is 34.4 Å². The number of carboxylic acid groups (broad SMARTS) is 2. The summed E-state index contributed by atoms with van der Waals surface area (Å²) >= 11 is 0. The normalized spacial score (nSPS) is 12.2. The molecule has 1 unspecified atom stereocenters. The molecular formula is C11H13NO4. The second-order valence-electron chi connectivity index (χ2n) is 3.64. The molecule has 0 aliphatic heterocycles. The standard InChI is InChI=1S/C11H13NO4/c1-5-3-6(2)8(10(13)14)4-7(5)9(12)11(15)16/h3-4,9H,12H2,1-2H3,(H,13,14)(H,15,16). The molecule has 1 rings (SSSR count). The van der Waals surface area contributed by atoms with Gasteiger partial charge in [0.2, 0.25) is 0 Å². The van der Waals surface area contributed by atoms with Gasteiger partial charge >= 0.3 is 11.9 Å². The molecule has 86 valence electrons. The van der Waals surface area contributed by atoms with Crippen molar-refractivity contribution in [2.45, 2.75) is 19.9 Å². The molecule has 0 saturated heterocycles. The summed E-state index contributed by atoms with van der Waals surface area (Å²) in [6.07, 6.45) is 0. The molecule has 0 spiro atoms. The Morgan fingerprint density at radius 3 is 2.19 bits per heavy atom. The third kappa shape index (κ3) is 2.20. The monoisotopic (exact) mass is 223 g/mol. The maximum Gasteiger partial charge on any atom is 0.335 e. The molecule has 0 fully saturated rings. The minimum atomic E-state index is -1.20. The molecule has 1 atom stereocenters. The second kappa shape index (κ2) is 4.32. The summed E-state index contributed by atoms with van der Waals surface area (Å²) in [6, 6.07) is 1.76.